The number of fused-ring (bicyclic) bond motifs is 4. The Kier molecular flexibility index (Phi) is 6.29. The summed E-state index contributed by atoms with van der Waals surface area (Å²) in [6.45, 7) is 0. The van der Waals surface area contributed by atoms with Crippen LogP contribution in [0, 0.1) is 0 Å². The zero-order chi connectivity index (χ0) is 29.9. The van der Waals surface area contributed by atoms with Crippen molar-refractivity contribution in [3.8, 4) is 33.4 Å². The number of halogens is 6. The van der Waals surface area contributed by atoms with Crippen molar-refractivity contribution in [2.75, 3.05) is 0 Å². The molecule has 0 atom stereocenters. The largest absolute Gasteiger partial charge is 0.416 e. The van der Waals surface area contributed by atoms with E-state index in [4.69, 9.17) is 0 Å². The van der Waals surface area contributed by atoms with Gasteiger partial charge in [0.1, 0.15) is 4.83 Å². The zero-order valence-corrected chi connectivity index (χ0v) is 22.9. The third-order valence-corrected chi connectivity index (χ3v) is 8.65. The summed E-state index contributed by atoms with van der Waals surface area (Å²) < 4.78 is 81.4. The molecule has 2 aromatic heterocycles. The van der Waals surface area contributed by atoms with Gasteiger partial charge in [0.15, 0.2) is 0 Å². The fourth-order valence-electron chi connectivity index (χ4n) is 5.37. The molecule has 1 nitrogen and oxygen atoms in total. The molecule has 0 aliphatic rings. The number of nitrogens with zero attached hydrogens (tertiary/aromatic N) is 1. The van der Waals surface area contributed by atoms with E-state index in [2.05, 4.69) is 41.4 Å². The Morgan fingerprint density at radius 2 is 0.977 bits per heavy atom. The van der Waals surface area contributed by atoms with Gasteiger partial charge in [-0.15, -0.1) is 11.3 Å². The van der Waals surface area contributed by atoms with Gasteiger partial charge in [-0.2, -0.15) is 26.3 Å². The number of hydrogen-bond acceptors (Lipinski definition) is 2. The number of pyridine rings is 1. The van der Waals surface area contributed by atoms with Gasteiger partial charge in [0, 0.05) is 21.7 Å². The maximum atomic E-state index is 13.4. The van der Waals surface area contributed by atoms with Crippen LogP contribution in [0.3, 0.4) is 0 Å². The Morgan fingerprint density at radius 3 is 1.56 bits per heavy atom. The molecule has 2 heterocycles. The monoisotopic (exact) mass is 599 g/mol. The Hall–Kier alpha value is -4.69. The number of rotatable bonds is 3. The van der Waals surface area contributed by atoms with Crippen LogP contribution < -0.4 is 0 Å². The van der Waals surface area contributed by atoms with Crippen molar-refractivity contribution in [1.82, 2.24) is 4.98 Å². The highest BCUT2D eigenvalue weighted by atomic mass is 32.1. The molecule has 0 fully saturated rings. The second kappa shape index (κ2) is 9.95. The van der Waals surface area contributed by atoms with Crippen LogP contribution in [-0.4, -0.2) is 4.98 Å². The number of hydrogen-bond donors (Lipinski definition) is 0. The van der Waals surface area contributed by atoms with E-state index >= 15 is 0 Å². The highest BCUT2D eigenvalue weighted by Crippen LogP contribution is 2.40. The van der Waals surface area contributed by atoms with Gasteiger partial charge in [-0.25, -0.2) is 4.98 Å². The molecular weight excluding hydrogens is 580 g/mol. The fraction of sp³-hybridized carbons (Fsp3) is 0.0571. The molecule has 0 N–H and O–H groups in total. The van der Waals surface area contributed by atoms with Gasteiger partial charge in [-0.05, 0) is 98.8 Å². The van der Waals surface area contributed by atoms with Crippen LogP contribution >= 0.6 is 11.3 Å². The molecule has 5 aromatic carbocycles. The van der Waals surface area contributed by atoms with E-state index in [1.54, 1.807) is 35.7 Å². The van der Waals surface area contributed by atoms with E-state index in [1.165, 1.54) is 10.1 Å². The normalized spacial score (nSPS) is 12.4. The average Bonchev–Trinajstić information content (AvgIpc) is 3.37. The van der Waals surface area contributed by atoms with Gasteiger partial charge in [0.2, 0.25) is 0 Å². The van der Waals surface area contributed by atoms with E-state index < -0.39 is 23.5 Å². The molecule has 8 heteroatoms. The molecule has 0 saturated carbocycles. The van der Waals surface area contributed by atoms with Crippen molar-refractivity contribution in [2.45, 2.75) is 12.4 Å². The summed E-state index contributed by atoms with van der Waals surface area (Å²) in [7, 11) is 0. The first-order chi connectivity index (χ1) is 20.5. The smallest absolute Gasteiger partial charge is 0.245 e. The molecule has 43 heavy (non-hydrogen) atoms. The van der Waals surface area contributed by atoms with E-state index in [-0.39, 0.29) is 17.2 Å². The molecule has 0 bridgehead atoms. The molecule has 7 rings (SSSR count). The summed E-state index contributed by atoms with van der Waals surface area (Å²) in [6.07, 6.45) is -8.01. The molecule has 212 valence electrons. The van der Waals surface area contributed by atoms with Crippen LogP contribution in [0.15, 0.2) is 115 Å². The molecule has 7 aromatic rings. The van der Waals surface area contributed by atoms with Crippen molar-refractivity contribution in [2.24, 2.45) is 0 Å². The number of aromatic nitrogens is 1. The highest BCUT2D eigenvalue weighted by Gasteiger charge is 2.37. The second-order valence-electron chi connectivity index (χ2n) is 10.3. The molecule has 0 aliphatic carbocycles. The van der Waals surface area contributed by atoms with Crippen LogP contribution in [0.4, 0.5) is 26.3 Å². The first-order valence-electron chi connectivity index (χ1n) is 13.2. The zero-order valence-electron chi connectivity index (χ0n) is 22.1. The summed E-state index contributed by atoms with van der Waals surface area (Å²) in [4.78, 5) is 5.48. The van der Waals surface area contributed by atoms with Crippen molar-refractivity contribution in [3.63, 3.8) is 0 Å². The topological polar surface area (TPSA) is 12.9 Å². The molecular formula is C35H19F6NS. The van der Waals surface area contributed by atoms with Gasteiger partial charge in [0.25, 0.3) is 0 Å². The standard InChI is InChI=1S/C35H19F6NS/c36-34(37,38)28-16-27(17-29(19-28)35(39,40)41)25-10-9-23-14-22(7-8-24(23)15-25)20-3-5-21(6-4-20)26-11-12-32-31(18-26)30-2-1-13-42-33(30)43-32/h1-19H. The third kappa shape index (κ3) is 5.12. The van der Waals surface area contributed by atoms with Crippen LogP contribution in [0.2, 0.25) is 0 Å². The highest BCUT2D eigenvalue weighted by molar-refractivity contribution is 7.25. The molecule has 0 saturated heterocycles. The first-order valence-corrected chi connectivity index (χ1v) is 14.1. The predicted molar refractivity (Wildman–Crippen MR) is 161 cm³/mol. The van der Waals surface area contributed by atoms with E-state index in [0.717, 1.165) is 50.0 Å². The summed E-state index contributed by atoms with van der Waals surface area (Å²) in [5, 5.41) is 3.82. The van der Waals surface area contributed by atoms with Crippen molar-refractivity contribution in [3.05, 3.63) is 127 Å². The number of thiophene rings is 1. The SMILES string of the molecule is FC(F)(F)c1cc(-c2ccc3cc(-c4ccc(-c5ccc6sc7ncccc7c6c5)cc4)ccc3c2)cc(C(F)(F)F)c1. The minimum absolute atomic E-state index is 0.141. The van der Waals surface area contributed by atoms with Crippen LogP contribution in [-0.2, 0) is 12.4 Å². The van der Waals surface area contributed by atoms with Gasteiger partial charge >= 0.3 is 12.4 Å². The van der Waals surface area contributed by atoms with Gasteiger partial charge in [0.05, 0.1) is 11.1 Å². The lowest BCUT2D eigenvalue weighted by molar-refractivity contribution is -0.143. The van der Waals surface area contributed by atoms with Crippen LogP contribution in [0.5, 0.6) is 0 Å². The van der Waals surface area contributed by atoms with Gasteiger partial charge in [-0.3, -0.25) is 0 Å². The van der Waals surface area contributed by atoms with E-state index in [0.29, 0.717) is 5.39 Å². The maximum Gasteiger partial charge on any atom is 0.416 e. The Balaban J connectivity index is 1.20. The molecule has 0 aliphatic heterocycles. The summed E-state index contributed by atoms with van der Waals surface area (Å²) >= 11 is 1.67. The lowest BCUT2D eigenvalue weighted by atomic mass is 9.95. The lowest BCUT2D eigenvalue weighted by Gasteiger charge is -2.15. The van der Waals surface area contributed by atoms with Crippen LogP contribution in [0.25, 0.3) is 64.5 Å². The Morgan fingerprint density at radius 1 is 0.465 bits per heavy atom. The number of benzene rings is 5. The predicted octanol–water partition coefficient (Wildman–Crippen LogP) is 11.6. The van der Waals surface area contributed by atoms with Gasteiger partial charge < -0.3 is 0 Å². The quantitative estimate of drug-likeness (QED) is 0.184. The molecule has 0 unspecified atom stereocenters. The average molecular weight is 600 g/mol. The molecule has 0 spiro atoms. The van der Waals surface area contributed by atoms with Crippen molar-refractivity contribution in [1.29, 1.82) is 0 Å². The number of alkyl halides is 6. The van der Waals surface area contributed by atoms with Crippen molar-refractivity contribution < 1.29 is 26.3 Å². The summed E-state index contributed by atoms with van der Waals surface area (Å²) in [5.74, 6) is 0. The minimum Gasteiger partial charge on any atom is -0.245 e. The first kappa shape index (κ1) is 27.2. The molecule has 0 radical (unpaired) electrons. The minimum atomic E-state index is -4.90. The third-order valence-electron chi connectivity index (χ3n) is 7.56. The van der Waals surface area contributed by atoms with Gasteiger partial charge in [-0.1, -0.05) is 54.6 Å². The Bertz CT molecular complexity index is 2130. The second-order valence-corrected chi connectivity index (χ2v) is 11.3. The lowest BCUT2D eigenvalue weighted by Crippen LogP contribution is -2.11. The summed E-state index contributed by atoms with van der Waals surface area (Å²) in [6, 6.07) is 30.8. The van der Waals surface area contributed by atoms with E-state index in [1.807, 2.05) is 36.4 Å². The van der Waals surface area contributed by atoms with E-state index in [9.17, 15) is 26.3 Å². The fourth-order valence-corrected chi connectivity index (χ4v) is 6.40. The van der Waals surface area contributed by atoms with Crippen LogP contribution in [0.1, 0.15) is 11.1 Å². The molecule has 0 amide bonds. The Labute approximate surface area is 245 Å². The summed E-state index contributed by atoms with van der Waals surface area (Å²) in [5.41, 5.74) is 1.54. The maximum absolute atomic E-state index is 13.4. The van der Waals surface area contributed by atoms with Crippen molar-refractivity contribution >= 4 is 42.4 Å².